The van der Waals surface area contributed by atoms with Gasteiger partial charge in [0, 0.05) is 0 Å². The molecule has 6 N–H and O–H groups in total. The van der Waals surface area contributed by atoms with Crippen LogP contribution < -0.4 is 16.8 Å². The average molecular weight is 408 g/mol. The third-order valence-corrected chi connectivity index (χ3v) is 4.85. The zero-order valence-electron chi connectivity index (χ0n) is 14.0. The van der Waals surface area contributed by atoms with Crippen LogP contribution in [0.5, 0.6) is 0 Å². The molecule has 0 aliphatic heterocycles. The second kappa shape index (κ2) is 9.84. The maximum atomic E-state index is 11.8. The number of nitrogens with two attached hydrogens (primary N) is 2. The first kappa shape index (κ1) is 23.5. The molecule has 146 valence electrons. The molecule has 11 nitrogen and oxygen atoms in total. The fourth-order valence-electron chi connectivity index (χ4n) is 2.25. The minimum atomic E-state index is -4.57. The summed E-state index contributed by atoms with van der Waals surface area (Å²) in [7, 11) is -7.27. The Morgan fingerprint density at radius 1 is 1.27 bits per heavy atom. The van der Waals surface area contributed by atoms with Gasteiger partial charge in [0.15, 0.2) is 4.87 Å². The van der Waals surface area contributed by atoms with Crippen LogP contribution in [0, 0.1) is 6.92 Å². The molecule has 1 aromatic carbocycles. The fourth-order valence-corrected chi connectivity index (χ4v) is 3.59. The van der Waals surface area contributed by atoms with Gasteiger partial charge in [-0.1, -0.05) is 42.0 Å². The van der Waals surface area contributed by atoms with Gasteiger partial charge in [-0.3, -0.25) is 4.55 Å². The van der Waals surface area contributed by atoms with Gasteiger partial charge < -0.3 is 16.8 Å². The summed E-state index contributed by atoms with van der Waals surface area (Å²) in [6.07, 6.45) is 0.466. The molecule has 1 rings (SSSR count). The second-order valence-corrected chi connectivity index (χ2v) is 7.27. The maximum absolute atomic E-state index is 11.8. The van der Waals surface area contributed by atoms with Crippen LogP contribution >= 0.6 is 0 Å². The molecule has 1 unspecified atom stereocenters. The summed E-state index contributed by atoms with van der Waals surface area (Å²) in [6, 6.07) is 4.43. The van der Waals surface area contributed by atoms with Crippen molar-refractivity contribution in [2.75, 3.05) is 0 Å². The maximum Gasteiger partial charge on any atom is 0.353 e. The van der Waals surface area contributed by atoms with Crippen molar-refractivity contribution < 1.29 is 31.0 Å². The van der Waals surface area contributed by atoms with Gasteiger partial charge in [0.25, 0.3) is 10.1 Å². The monoisotopic (exact) mass is 408 g/mol. The predicted octanol–water partition coefficient (Wildman–Crippen LogP) is 0.632. The van der Waals surface area contributed by atoms with E-state index >= 15 is 0 Å². The van der Waals surface area contributed by atoms with E-state index in [0.29, 0.717) is 17.5 Å². The van der Waals surface area contributed by atoms with Crippen molar-refractivity contribution in [2.45, 2.75) is 31.6 Å². The number of hydrogen-bond donors (Lipinski definition) is 4. The molecule has 0 aliphatic rings. The predicted molar refractivity (Wildman–Crippen MR) is 93.0 cm³/mol. The summed E-state index contributed by atoms with van der Waals surface area (Å²) >= 11 is 0. The molecule has 0 saturated heterocycles. The van der Waals surface area contributed by atoms with Crippen molar-refractivity contribution in [3.05, 3.63) is 35.4 Å². The van der Waals surface area contributed by atoms with Crippen molar-refractivity contribution in [1.29, 1.82) is 0 Å². The molecule has 0 aromatic heterocycles. The van der Waals surface area contributed by atoms with Gasteiger partial charge in [-0.2, -0.15) is 16.8 Å². The Labute approximate surface area is 152 Å². The van der Waals surface area contributed by atoms with E-state index in [1.54, 1.807) is 38.1 Å². The molecule has 13 heteroatoms. The van der Waals surface area contributed by atoms with Crippen molar-refractivity contribution >= 4 is 32.7 Å². The SMILES string of the molecule is CCCC(NC(N)=O)(c1ccccc1C)S(=O)(=O)O.NC(=O)N=S(=O)=O. The number of carbonyl (C=O) groups is 2. The molecule has 0 fully saturated rings. The lowest BCUT2D eigenvalue weighted by Crippen LogP contribution is -2.53. The Balaban J connectivity index is 0.000000758. The highest BCUT2D eigenvalue weighted by atomic mass is 32.2. The highest BCUT2D eigenvalue weighted by molar-refractivity contribution is 7.86. The molecule has 1 aromatic rings. The van der Waals surface area contributed by atoms with E-state index in [4.69, 9.17) is 5.73 Å². The summed E-state index contributed by atoms with van der Waals surface area (Å²) in [5.41, 5.74) is 10.3. The van der Waals surface area contributed by atoms with Crippen molar-refractivity contribution in [3.8, 4) is 0 Å². The van der Waals surface area contributed by atoms with Crippen molar-refractivity contribution in [3.63, 3.8) is 0 Å². The van der Waals surface area contributed by atoms with Gasteiger partial charge in [-0.05, 0) is 24.5 Å². The highest BCUT2D eigenvalue weighted by Gasteiger charge is 2.45. The summed E-state index contributed by atoms with van der Waals surface area (Å²) in [6.45, 7) is 3.45. The molecule has 0 saturated carbocycles. The number of amides is 4. The van der Waals surface area contributed by atoms with Gasteiger partial charge >= 0.3 is 22.6 Å². The Morgan fingerprint density at radius 3 is 2.12 bits per heavy atom. The number of urea groups is 2. The summed E-state index contributed by atoms with van der Waals surface area (Å²) in [5.74, 6) is 0. The molecule has 0 heterocycles. The number of aryl methyl sites for hydroxylation is 1. The van der Waals surface area contributed by atoms with Crippen LogP contribution in [0.2, 0.25) is 0 Å². The largest absolute Gasteiger partial charge is 0.353 e. The Bertz CT molecular complexity index is 889. The van der Waals surface area contributed by atoms with Gasteiger partial charge in [0.1, 0.15) is 0 Å². The number of nitrogens with one attached hydrogen (secondary N) is 1. The van der Waals surface area contributed by atoms with E-state index in [0.717, 1.165) is 0 Å². The number of hydrogen-bond acceptors (Lipinski definition) is 6. The second-order valence-electron chi connectivity index (χ2n) is 5.00. The van der Waals surface area contributed by atoms with E-state index in [2.05, 4.69) is 15.4 Å². The highest BCUT2D eigenvalue weighted by Crippen LogP contribution is 2.34. The lowest BCUT2D eigenvalue weighted by atomic mass is 9.97. The third-order valence-electron chi connectivity index (χ3n) is 3.11. The molecular weight excluding hydrogens is 388 g/mol. The summed E-state index contributed by atoms with van der Waals surface area (Å²) in [5, 5.41) is 2.19. The molecule has 1 atom stereocenters. The summed E-state index contributed by atoms with van der Waals surface area (Å²) in [4.78, 5) is 18.7. The van der Waals surface area contributed by atoms with Gasteiger partial charge in [0.2, 0.25) is 0 Å². The minimum Gasteiger partial charge on any atom is -0.352 e. The lowest BCUT2D eigenvalue weighted by Gasteiger charge is -2.32. The van der Waals surface area contributed by atoms with Crippen LogP contribution in [0.25, 0.3) is 0 Å². The summed E-state index contributed by atoms with van der Waals surface area (Å²) < 4.78 is 54.2. The van der Waals surface area contributed by atoms with Crippen molar-refractivity contribution in [2.24, 2.45) is 15.8 Å². The van der Waals surface area contributed by atoms with Gasteiger partial charge in [-0.15, -0.1) is 0 Å². The Hall–Kier alpha value is -2.51. The van der Waals surface area contributed by atoms with Crippen LogP contribution in [0.15, 0.2) is 28.6 Å². The first-order valence-corrected chi connectivity index (χ1v) is 9.56. The van der Waals surface area contributed by atoms with E-state index in [1.807, 2.05) is 0 Å². The molecule has 26 heavy (non-hydrogen) atoms. The Morgan fingerprint density at radius 2 is 1.81 bits per heavy atom. The van der Waals surface area contributed by atoms with Crippen LogP contribution in [0.4, 0.5) is 9.59 Å². The number of carbonyl (C=O) groups excluding carboxylic acids is 2. The molecule has 0 bridgehead atoms. The average Bonchev–Trinajstić information content (AvgIpc) is 2.44. The lowest BCUT2D eigenvalue weighted by molar-refractivity contribution is 0.238. The van der Waals surface area contributed by atoms with Crippen LogP contribution in [0.1, 0.15) is 30.9 Å². The first-order chi connectivity index (χ1) is 11.9. The standard InChI is InChI=1S/C12H18N2O4S.CH2N2O3S/c1-3-8-12(14-11(13)15,19(16,17)18)10-7-5-4-6-9(10)2;2-1(4)3-7(5)6/h4-7H,3,8H2,1-2H3,(H3,13,14,15)(H,16,17,18);(H2,2,4). The van der Waals surface area contributed by atoms with E-state index in [9.17, 15) is 31.0 Å². The molecule has 0 spiro atoms. The van der Waals surface area contributed by atoms with Crippen LogP contribution in [0.3, 0.4) is 0 Å². The topological polar surface area (TPSA) is 199 Å². The minimum absolute atomic E-state index is 0.0274. The third kappa shape index (κ3) is 6.78. The fraction of sp³-hybridized carbons (Fsp3) is 0.385. The zero-order valence-corrected chi connectivity index (χ0v) is 15.7. The quantitative estimate of drug-likeness (QED) is 0.512. The van der Waals surface area contributed by atoms with Gasteiger partial charge in [-0.25, -0.2) is 9.59 Å². The smallest absolute Gasteiger partial charge is 0.352 e. The number of benzene rings is 1. The zero-order chi connectivity index (χ0) is 20.5. The van der Waals surface area contributed by atoms with Crippen LogP contribution in [-0.2, 0) is 25.5 Å². The molecule has 4 amide bonds. The van der Waals surface area contributed by atoms with Crippen molar-refractivity contribution in [1.82, 2.24) is 5.32 Å². The van der Waals surface area contributed by atoms with E-state index in [1.165, 1.54) is 0 Å². The molecule has 0 radical (unpaired) electrons. The van der Waals surface area contributed by atoms with Gasteiger partial charge in [0.05, 0.1) is 0 Å². The normalized spacial score (nSPS) is 12.7. The number of nitrogens with zero attached hydrogens (tertiary/aromatic N) is 1. The first-order valence-electron chi connectivity index (χ1n) is 7.08. The molecular formula is C13H20N4O7S2. The van der Waals surface area contributed by atoms with Crippen LogP contribution in [-0.4, -0.2) is 33.5 Å². The Kier molecular flexibility index (Phi) is 8.89. The number of rotatable bonds is 5. The molecule has 0 aliphatic carbocycles. The van der Waals surface area contributed by atoms with E-state index < -0.39 is 37.6 Å². The number of primary amides is 2. The van der Waals surface area contributed by atoms with E-state index in [-0.39, 0.29) is 6.42 Å².